The molecular weight excluding hydrogens is 124 g/mol. The van der Waals surface area contributed by atoms with Gasteiger partial charge < -0.3 is 4.74 Å². The molecule has 1 aliphatic heterocycles. The lowest BCUT2D eigenvalue weighted by Gasteiger charge is -2.11. The lowest BCUT2D eigenvalue weighted by Crippen LogP contribution is -1.99. The van der Waals surface area contributed by atoms with Crippen LogP contribution < -0.4 is 0 Å². The van der Waals surface area contributed by atoms with Crippen LogP contribution in [0.1, 0.15) is 0 Å². The van der Waals surface area contributed by atoms with E-state index in [2.05, 4.69) is 11.5 Å². The van der Waals surface area contributed by atoms with Crippen LogP contribution in [0.4, 0.5) is 0 Å². The molecule has 0 aromatic rings. The van der Waals surface area contributed by atoms with Gasteiger partial charge in [-0.25, -0.2) is 0 Å². The highest BCUT2D eigenvalue weighted by Gasteiger charge is 2.06. The van der Waals surface area contributed by atoms with Crippen LogP contribution in [0.15, 0.2) is 47.1 Å². The Hall–Kier alpha value is -1.42. The van der Waals surface area contributed by atoms with Gasteiger partial charge in [-0.2, -0.15) is 0 Å². The van der Waals surface area contributed by atoms with E-state index >= 15 is 0 Å². The van der Waals surface area contributed by atoms with Crippen LogP contribution in [0.5, 0.6) is 0 Å². The average molecular weight is 130 g/mol. The predicted molar refractivity (Wildman–Crippen MR) is 38.3 cm³/mol. The molecule has 0 unspecified atom stereocenters. The van der Waals surface area contributed by atoms with Gasteiger partial charge in [0.05, 0.1) is 0 Å². The van der Waals surface area contributed by atoms with Crippen molar-refractivity contribution in [3.63, 3.8) is 0 Å². The Morgan fingerprint density at radius 3 is 3.40 bits per heavy atom. The molecule has 2 aliphatic rings. The first-order chi connectivity index (χ1) is 4.97. The Morgan fingerprint density at radius 1 is 1.50 bits per heavy atom. The topological polar surface area (TPSA) is 9.23 Å². The first-order valence-corrected chi connectivity index (χ1v) is 3.18. The smallest absolute Gasteiger partial charge is 0.178 e. The highest BCUT2D eigenvalue weighted by molar-refractivity contribution is 5.42. The summed E-state index contributed by atoms with van der Waals surface area (Å²) in [7, 11) is 0. The Labute approximate surface area is 59.3 Å². The normalized spacial score (nSPS) is 19.2. The van der Waals surface area contributed by atoms with Crippen molar-refractivity contribution in [2.24, 2.45) is 0 Å². The van der Waals surface area contributed by atoms with E-state index in [0.717, 1.165) is 11.3 Å². The molecule has 0 bridgehead atoms. The van der Waals surface area contributed by atoms with Gasteiger partial charge in [0.15, 0.2) is 5.76 Å². The molecule has 0 saturated heterocycles. The van der Waals surface area contributed by atoms with E-state index in [-0.39, 0.29) is 0 Å². The molecule has 0 radical (unpaired) electrons. The molecule has 1 aliphatic carbocycles. The van der Waals surface area contributed by atoms with Gasteiger partial charge in [0.1, 0.15) is 6.61 Å². The molecular formula is C9H6O. The van der Waals surface area contributed by atoms with Crippen molar-refractivity contribution in [2.45, 2.75) is 0 Å². The maximum absolute atomic E-state index is 5.25. The van der Waals surface area contributed by atoms with Crippen LogP contribution in [0.3, 0.4) is 0 Å². The molecule has 1 heteroatoms. The molecule has 1 heterocycles. The van der Waals surface area contributed by atoms with Crippen LogP contribution in [-0.4, -0.2) is 6.61 Å². The van der Waals surface area contributed by atoms with Gasteiger partial charge in [-0.05, 0) is 24.0 Å². The molecule has 0 atom stereocenters. The summed E-state index contributed by atoms with van der Waals surface area (Å²) in [6, 6.07) is 0. The van der Waals surface area contributed by atoms with Crippen molar-refractivity contribution >= 4 is 0 Å². The van der Waals surface area contributed by atoms with Gasteiger partial charge in [0.25, 0.3) is 0 Å². The Morgan fingerprint density at radius 2 is 2.50 bits per heavy atom. The summed E-state index contributed by atoms with van der Waals surface area (Å²) in [4.78, 5) is 0. The van der Waals surface area contributed by atoms with Crippen molar-refractivity contribution in [1.29, 1.82) is 0 Å². The van der Waals surface area contributed by atoms with Crippen molar-refractivity contribution in [3.05, 3.63) is 47.1 Å². The third-order valence-corrected chi connectivity index (χ3v) is 1.42. The van der Waals surface area contributed by atoms with E-state index in [1.807, 2.05) is 24.3 Å². The summed E-state index contributed by atoms with van der Waals surface area (Å²) in [5.41, 5.74) is 6.81. The highest BCUT2D eigenvalue weighted by atomic mass is 16.5. The number of allylic oxidation sites excluding steroid dienone is 3. The maximum atomic E-state index is 5.25. The predicted octanol–water partition coefficient (Wildman–Crippen LogP) is 1.71. The fourth-order valence-corrected chi connectivity index (χ4v) is 0.944. The van der Waals surface area contributed by atoms with E-state index in [9.17, 15) is 0 Å². The molecule has 1 nitrogen and oxygen atoms in total. The Bertz CT molecular complexity index is 306. The van der Waals surface area contributed by atoms with Crippen LogP contribution >= 0.6 is 0 Å². The molecule has 0 fully saturated rings. The second-order valence-corrected chi connectivity index (χ2v) is 2.10. The van der Waals surface area contributed by atoms with Crippen LogP contribution in [0, 0.1) is 0 Å². The number of rotatable bonds is 0. The second kappa shape index (κ2) is 2.07. The van der Waals surface area contributed by atoms with E-state index in [0.29, 0.717) is 6.61 Å². The molecule has 10 heavy (non-hydrogen) atoms. The van der Waals surface area contributed by atoms with Gasteiger partial charge >= 0.3 is 0 Å². The zero-order chi connectivity index (χ0) is 6.81. The van der Waals surface area contributed by atoms with E-state index in [1.165, 1.54) is 0 Å². The first kappa shape index (κ1) is 5.37. The quantitative estimate of drug-likeness (QED) is 0.453. The van der Waals surface area contributed by atoms with Gasteiger partial charge in [-0.15, -0.1) is 0 Å². The van der Waals surface area contributed by atoms with Crippen molar-refractivity contribution in [3.8, 4) is 0 Å². The molecule has 0 amide bonds. The third-order valence-electron chi connectivity index (χ3n) is 1.42. The fourth-order valence-electron chi connectivity index (χ4n) is 0.944. The van der Waals surface area contributed by atoms with Crippen LogP contribution in [-0.2, 0) is 4.74 Å². The van der Waals surface area contributed by atoms with Crippen molar-refractivity contribution in [2.75, 3.05) is 6.61 Å². The lowest BCUT2D eigenvalue weighted by molar-refractivity contribution is 0.252. The van der Waals surface area contributed by atoms with Crippen molar-refractivity contribution < 1.29 is 4.74 Å². The molecule has 2 rings (SSSR count). The molecule has 0 spiro atoms. The molecule has 48 valence electrons. The van der Waals surface area contributed by atoms with E-state index in [4.69, 9.17) is 4.74 Å². The van der Waals surface area contributed by atoms with Gasteiger partial charge in [-0.1, -0.05) is 11.8 Å². The number of hydrogen-bond donors (Lipinski definition) is 0. The number of hydrogen-bond acceptors (Lipinski definition) is 1. The summed E-state index contributed by atoms with van der Waals surface area (Å²) in [5.74, 6) is 0.810. The minimum Gasteiger partial charge on any atom is -0.481 e. The summed E-state index contributed by atoms with van der Waals surface area (Å²) in [5, 5.41) is 0. The Kier molecular flexibility index (Phi) is 1.11. The Balaban J connectivity index is 2.54. The minimum absolute atomic E-state index is 0.654. The van der Waals surface area contributed by atoms with E-state index < -0.39 is 0 Å². The fraction of sp³-hybridized carbons (Fsp3) is 0.111. The first-order valence-electron chi connectivity index (χ1n) is 3.18. The number of fused-ring (bicyclic) bond motifs is 1. The zero-order valence-corrected chi connectivity index (χ0v) is 5.42. The molecule has 0 aromatic carbocycles. The largest absolute Gasteiger partial charge is 0.481 e. The van der Waals surface area contributed by atoms with Gasteiger partial charge in [0, 0.05) is 5.57 Å². The molecule has 0 saturated carbocycles. The monoisotopic (exact) mass is 130 g/mol. The molecule has 0 N–H and O–H groups in total. The van der Waals surface area contributed by atoms with E-state index in [1.54, 1.807) is 0 Å². The lowest BCUT2D eigenvalue weighted by atomic mass is 10.1. The van der Waals surface area contributed by atoms with Crippen LogP contribution in [0.2, 0.25) is 0 Å². The third kappa shape index (κ3) is 0.745. The summed E-state index contributed by atoms with van der Waals surface area (Å²) in [6.45, 7) is 0.654. The highest BCUT2D eigenvalue weighted by Crippen LogP contribution is 2.17. The van der Waals surface area contributed by atoms with Crippen molar-refractivity contribution in [1.82, 2.24) is 0 Å². The summed E-state index contributed by atoms with van der Waals surface area (Å²) < 4.78 is 5.25. The maximum Gasteiger partial charge on any atom is 0.178 e. The van der Waals surface area contributed by atoms with Crippen LogP contribution in [0.25, 0.3) is 0 Å². The average Bonchev–Trinajstić information content (AvgIpc) is 2.05. The summed E-state index contributed by atoms with van der Waals surface area (Å²) >= 11 is 0. The molecule has 0 aromatic heterocycles. The van der Waals surface area contributed by atoms with Gasteiger partial charge in [-0.3, -0.25) is 0 Å². The minimum atomic E-state index is 0.654. The zero-order valence-electron chi connectivity index (χ0n) is 5.42. The van der Waals surface area contributed by atoms with Gasteiger partial charge in [0.2, 0.25) is 0 Å². The number of ether oxygens (including phenoxy) is 1. The summed E-state index contributed by atoms with van der Waals surface area (Å²) in [6.07, 6.45) is 7.80. The standard InChI is InChI=1S/C9H6O/c1-2-6-9-8(4-1)5-3-7-10-9/h1,3-5H,7H2. The second-order valence-electron chi connectivity index (χ2n) is 2.10. The SMILES string of the molecule is C1=C=C2OCC=CC2=CC=1.